The van der Waals surface area contributed by atoms with Gasteiger partial charge in [-0.1, -0.05) is 24.6 Å². The number of nitrogens with one attached hydrogen (secondary N) is 2. The monoisotopic (exact) mass is 396 g/mol. The molecule has 0 heterocycles. The van der Waals surface area contributed by atoms with E-state index in [2.05, 4.69) is 10.9 Å². The molecule has 29 heavy (non-hydrogen) atoms. The number of hydrogen-bond acceptors (Lipinski definition) is 3. The van der Waals surface area contributed by atoms with Crippen LogP contribution in [0.4, 0.5) is 4.39 Å². The number of hydrazine groups is 1. The van der Waals surface area contributed by atoms with E-state index in [4.69, 9.17) is 4.74 Å². The van der Waals surface area contributed by atoms with E-state index < -0.39 is 0 Å². The van der Waals surface area contributed by atoms with Crippen molar-refractivity contribution >= 4 is 5.91 Å². The Morgan fingerprint density at radius 2 is 1.86 bits per heavy atom. The molecule has 0 bridgehead atoms. The maximum absolute atomic E-state index is 14.8. The molecular weight excluding hydrogens is 367 g/mol. The molecule has 4 nitrogen and oxygen atoms in total. The summed E-state index contributed by atoms with van der Waals surface area (Å²) in [6.45, 7) is 0. The number of rotatable bonds is 7. The summed E-state index contributed by atoms with van der Waals surface area (Å²) in [6, 6.07) is 11.2. The van der Waals surface area contributed by atoms with Crippen LogP contribution in [0.5, 0.6) is 5.75 Å². The average Bonchev–Trinajstić information content (AvgIpc) is 3.16. The molecule has 1 amide bonds. The summed E-state index contributed by atoms with van der Waals surface area (Å²) >= 11 is 0. The highest BCUT2D eigenvalue weighted by atomic mass is 19.1. The van der Waals surface area contributed by atoms with Crippen molar-refractivity contribution in [1.29, 1.82) is 0 Å². The van der Waals surface area contributed by atoms with Gasteiger partial charge in [0, 0.05) is 12.6 Å². The van der Waals surface area contributed by atoms with Gasteiger partial charge in [-0.25, -0.2) is 9.82 Å². The molecule has 0 atom stereocenters. The molecular formula is C24H29FN2O2. The van der Waals surface area contributed by atoms with Gasteiger partial charge in [0.05, 0.1) is 12.5 Å². The van der Waals surface area contributed by atoms with E-state index in [1.165, 1.54) is 12.8 Å². The predicted octanol–water partition coefficient (Wildman–Crippen LogP) is 4.87. The van der Waals surface area contributed by atoms with Gasteiger partial charge in [-0.2, -0.15) is 0 Å². The van der Waals surface area contributed by atoms with Crippen LogP contribution in [0.1, 0.15) is 62.0 Å². The average molecular weight is 397 g/mol. The Morgan fingerprint density at radius 3 is 2.55 bits per heavy atom. The fourth-order valence-corrected chi connectivity index (χ4v) is 4.44. The molecule has 0 aliphatic heterocycles. The zero-order valence-electron chi connectivity index (χ0n) is 17.0. The van der Waals surface area contributed by atoms with Gasteiger partial charge in [-0.3, -0.25) is 10.2 Å². The Balaban J connectivity index is 1.74. The number of hydrogen-bond donors (Lipinski definition) is 2. The highest BCUT2D eigenvalue weighted by Gasteiger charge is 2.27. The number of carbonyl (C=O) groups excluding carboxylic acids is 1. The summed E-state index contributed by atoms with van der Waals surface area (Å²) in [7, 11) is 1.67. The largest absolute Gasteiger partial charge is 0.490 e. The lowest BCUT2D eigenvalue weighted by Crippen LogP contribution is -2.35. The van der Waals surface area contributed by atoms with E-state index in [1.54, 1.807) is 19.2 Å². The molecule has 2 N–H and O–H groups in total. The van der Waals surface area contributed by atoms with Crippen LogP contribution < -0.4 is 15.6 Å². The van der Waals surface area contributed by atoms with Crippen LogP contribution in [-0.4, -0.2) is 19.1 Å². The number of benzene rings is 2. The first-order valence-corrected chi connectivity index (χ1v) is 10.7. The molecule has 2 fully saturated rings. The van der Waals surface area contributed by atoms with Gasteiger partial charge in [0.15, 0.2) is 0 Å². The third kappa shape index (κ3) is 4.45. The molecule has 2 aliphatic carbocycles. The fraction of sp³-hybridized carbons (Fsp3) is 0.458. The zero-order chi connectivity index (χ0) is 20.2. The van der Waals surface area contributed by atoms with Crippen molar-refractivity contribution in [2.45, 2.75) is 63.4 Å². The standard InChI is InChI=1S/C24H29FN2O2/c1-26-27-23(28)15-16-12-13-22(29-18-8-2-3-9-18)20(14-16)19-10-5-11-21(25)24(19)17-6-4-7-17/h5,10-14,17-18,26H,2-4,6-9,15H2,1H3,(H,27,28). The Bertz CT molecular complexity index is 873. The van der Waals surface area contributed by atoms with E-state index in [0.717, 1.165) is 60.1 Å². The van der Waals surface area contributed by atoms with E-state index in [1.807, 2.05) is 24.3 Å². The molecule has 154 valence electrons. The fourth-order valence-electron chi connectivity index (χ4n) is 4.44. The van der Waals surface area contributed by atoms with Gasteiger partial charge >= 0.3 is 0 Å². The molecule has 0 radical (unpaired) electrons. The van der Waals surface area contributed by atoms with Crippen LogP contribution in [0.25, 0.3) is 11.1 Å². The molecule has 0 aromatic heterocycles. The molecule has 2 aromatic carbocycles. The van der Waals surface area contributed by atoms with Crippen molar-refractivity contribution in [2.75, 3.05) is 7.05 Å². The highest BCUT2D eigenvalue weighted by molar-refractivity contribution is 5.80. The predicted molar refractivity (Wildman–Crippen MR) is 112 cm³/mol. The maximum Gasteiger partial charge on any atom is 0.238 e. The SMILES string of the molecule is CNNC(=O)Cc1ccc(OC2CCCC2)c(-c2cccc(F)c2C2CCC2)c1. The first-order valence-electron chi connectivity index (χ1n) is 10.7. The van der Waals surface area contributed by atoms with Gasteiger partial charge in [0.1, 0.15) is 11.6 Å². The summed E-state index contributed by atoms with van der Waals surface area (Å²) in [5, 5.41) is 0. The van der Waals surface area contributed by atoms with E-state index >= 15 is 0 Å². The molecule has 2 aromatic rings. The van der Waals surface area contributed by atoms with Crippen molar-refractivity contribution in [1.82, 2.24) is 10.9 Å². The van der Waals surface area contributed by atoms with Crippen LogP contribution >= 0.6 is 0 Å². The van der Waals surface area contributed by atoms with Gasteiger partial charge in [0.2, 0.25) is 5.91 Å². The van der Waals surface area contributed by atoms with Crippen molar-refractivity contribution in [3.8, 4) is 16.9 Å². The minimum atomic E-state index is -0.141. The number of amides is 1. The van der Waals surface area contributed by atoms with Crippen LogP contribution in [0, 0.1) is 5.82 Å². The smallest absolute Gasteiger partial charge is 0.238 e. The van der Waals surface area contributed by atoms with Gasteiger partial charge < -0.3 is 4.74 Å². The van der Waals surface area contributed by atoms with Gasteiger partial charge in [-0.05, 0) is 79.3 Å². The zero-order valence-corrected chi connectivity index (χ0v) is 17.0. The van der Waals surface area contributed by atoms with E-state index in [9.17, 15) is 9.18 Å². The minimum Gasteiger partial charge on any atom is -0.490 e. The summed E-state index contributed by atoms with van der Waals surface area (Å²) in [6.07, 6.45) is 8.17. The van der Waals surface area contributed by atoms with Crippen molar-refractivity contribution in [3.05, 3.63) is 53.3 Å². The Morgan fingerprint density at radius 1 is 1.07 bits per heavy atom. The van der Waals surface area contributed by atoms with E-state index in [-0.39, 0.29) is 30.2 Å². The topological polar surface area (TPSA) is 50.4 Å². The quantitative estimate of drug-likeness (QED) is 0.656. The van der Waals surface area contributed by atoms with Crippen molar-refractivity contribution in [2.24, 2.45) is 0 Å². The Hall–Kier alpha value is -2.40. The lowest BCUT2D eigenvalue weighted by molar-refractivity contribution is -0.121. The molecule has 0 saturated heterocycles. The van der Waals surface area contributed by atoms with Crippen molar-refractivity contribution in [3.63, 3.8) is 0 Å². The number of ether oxygens (including phenoxy) is 1. The minimum absolute atomic E-state index is 0.110. The summed E-state index contributed by atoms with van der Waals surface area (Å²) in [5.41, 5.74) is 8.75. The number of halogens is 1. The summed E-state index contributed by atoms with van der Waals surface area (Å²) < 4.78 is 21.2. The Labute approximate surface area is 171 Å². The first-order chi connectivity index (χ1) is 14.2. The van der Waals surface area contributed by atoms with Crippen molar-refractivity contribution < 1.29 is 13.9 Å². The highest BCUT2D eigenvalue weighted by Crippen LogP contribution is 2.45. The molecule has 2 saturated carbocycles. The van der Waals surface area contributed by atoms with Crippen LogP contribution in [0.3, 0.4) is 0 Å². The van der Waals surface area contributed by atoms with Crippen LogP contribution in [0.15, 0.2) is 36.4 Å². The second-order valence-electron chi connectivity index (χ2n) is 8.16. The van der Waals surface area contributed by atoms with Gasteiger partial charge in [0.25, 0.3) is 0 Å². The van der Waals surface area contributed by atoms with E-state index in [0.29, 0.717) is 0 Å². The molecule has 0 unspecified atom stereocenters. The second-order valence-corrected chi connectivity index (χ2v) is 8.16. The normalized spacial score (nSPS) is 17.2. The third-order valence-electron chi connectivity index (χ3n) is 6.13. The molecule has 2 aliphatic rings. The van der Waals surface area contributed by atoms with Crippen LogP contribution in [-0.2, 0) is 11.2 Å². The summed E-state index contributed by atoms with van der Waals surface area (Å²) in [5.74, 6) is 0.807. The number of carbonyl (C=O) groups is 1. The molecule has 0 spiro atoms. The maximum atomic E-state index is 14.8. The second kappa shape index (κ2) is 8.95. The molecule has 4 rings (SSSR count). The van der Waals surface area contributed by atoms with Crippen LogP contribution in [0.2, 0.25) is 0 Å². The first kappa shape index (κ1) is 19.9. The lowest BCUT2D eigenvalue weighted by atomic mass is 9.76. The summed E-state index contributed by atoms with van der Waals surface area (Å²) in [4.78, 5) is 12.0. The third-order valence-corrected chi connectivity index (χ3v) is 6.13. The lowest BCUT2D eigenvalue weighted by Gasteiger charge is -2.29. The van der Waals surface area contributed by atoms with Gasteiger partial charge in [-0.15, -0.1) is 0 Å². The Kier molecular flexibility index (Phi) is 6.14. The molecule has 5 heteroatoms.